The fourth-order valence-corrected chi connectivity index (χ4v) is 2.57. The Kier molecular flexibility index (Phi) is 3.33. The number of anilines is 1. The second kappa shape index (κ2) is 5.16. The summed E-state index contributed by atoms with van der Waals surface area (Å²) in [6.07, 6.45) is 1.43. The smallest absolute Gasteiger partial charge is 0.242 e. The Morgan fingerprint density at radius 1 is 1.14 bits per heavy atom. The van der Waals surface area contributed by atoms with Gasteiger partial charge in [0.15, 0.2) is 0 Å². The highest BCUT2D eigenvalue weighted by molar-refractivity contribution is 5.84. The quantitative estimate of drug-likeness (QED) is 0.754. The van der Waals surface area contributed by atoms with Crippen LogP contribution in [0.5, 0.6) is 0 Å². The summed E-state index contributed by atoms with van der Waals surface area (Å²) in [6, 6.07) is 9.16. The molecule has 1 aromatic heterocycles. The van der Waals surface area contributed by atoms with Crippen LogP contribution in [-0.4, -0.2) is 36.4 Å². The molecule has 2 aromatic rings. The fraction of sp³-hybridized carbons (Fsp3) is 0.250. The predicted molar refractivity (Wildman–Crippen MR) is 79.4 cm³/mol. The van der Waals surface area contributed by atoms with E-state index in [1.54, 1.807) is 24.1 Å². The van der Waals surface area contributed by atoms with Crippen molar-refractivity contribution < 1.29 is 9.18 Å². The van der Waals surface area contributed by atoms with Crippen LogP contribution >= 0.6 is 0 Å². The summed E-state index contributed by atoms with van der Waals surface area (Å²) < 4.78 is 13.8. The van der Waals surface area contributed by atoms with E-state index in [9.17, 15) is 9.18 Å². The maximum Gasteiger partial charge on any atom is 0.242 e. The van der Waals surface area contributed by atoms with E-state index in [-0.39, 0.29) is 5.91 Å². The molecule has 0 radical (unpaired) electrons. The highest BCUT2D eigenvalue weighted by Crippen LogP contribution is 2.30. The van der Waals surface area contributed by atoms with Gasteiger partial charge in [-0.15, -0.1) is 0 Å². The lowest BCUT2D eigenvalue weighted by atomic mass is 10.0. The number of carbonyl (C=O) groups excluding carboxylic acids is 1. The number of likely N-dealkylation sites (N-methyl/N-ethyl adjacent to an activating group) is 2. The average molecular weight is 285 g/mol. The second-order valence-corrected chi connectivity index (χ2v) is 5.29. The molecule has 0 N–H and O–H groups in total. The van der Waals surface area contributed by atoms with Gasteiger partial charge >= 0.3 is 0 Å². The SMILES string of the molecule is CN1Cc2ccc(-c3cccnc3F)cc2N(C)CC1=O. The van der Waals surface area contributed by atoms with Crippen molar-refractivity contribution in [2.24, 2.45) is 0 Å². The van der Waals surface area contributed by atoms with Gasteiger partial charge in [0, 0.05) is 38.1 Å². The number of benzene rings is 1. The Morgan fingerprint density at radius 3 is 2.71 bits per heavy atom. The minimum Gasteiger partial charge on any atom is -0.365 e. The first-order chi connectivity index (χ1) is 10.1. The maximum atomic E-state index is 13.8. The Morgan fingerprint density at radius 2 is 1.95 bits per heavy atom. The molecule has 0 saturated carbocycles. The molecule has 1 aromatic carbocycles. The van der Waals surface area contributed by atoms with E-state index >= 15 is 0 Å². The largest absolute Gasteiger partial charge is 0.365 e. The van der Waals surface area contributed by atoms with Gasteiger partial charge in [0.1, 0.15) is 0 Å². The maximum absolute atomic E-state index is 13.8. The molecule has 1 amide bonds. The molecule has 1 aliphatic heterocycles. The van der Waals surface area contributed by atoms with Crippen LogP contribution in [0.2, 0.25) is 0 Å². The average Bonchev–Trinajstić information content (AvgIpc) is 2.57. The van der Waals surface area contributed by atoms with Crippen molar-refractivity contribution in [3.05, 3.63) is 48.0 Å². The standard InChI is InChI=1S/C16H16FN3O/c1-19-10-15(21)20(2)9-12-6-5-11(8-14(12)19)13-4-3-7-18-16(13)17/h3-8H,9-10H2,1-2H3. The molecular formula is C16H16FN3O. The normalized spacial score (nSPS) is 14.9. The van der Waals surface area contributed by atoms with Gasteiger partial charge in [0.2, 0.25) is 11.9 Å². The zero-order valence-electron chi connectivity index (χ0n) is 12.0. The first-order valence-corrected chi connectivity index (χ1v) is 6.75. The van der Waals surface area contributed by atoms with E-state index < -0.39 is 5.95 Å². The third-order valence-electron chi connectivity index (χ3n) is 3.77. The summed E-state index contributed by atoms with van der Waals surface area (Å²) in [5, 5.41) is 0. The van der Waals surface area contributed by atoms with E-state index in [1.165, 1.54) is 6.20 Å². The molecule has 21 heavy (non-hydrogen) atoms. The van der Waals surface area contributed by atoms with Crippen LogP contribution in [0.25, 0.3) is 11.1 Å². The number of halogens is 1. The van der Waals surface area contributed by atoms with Crippen molar-refractivity contribution in [2.45, 2.75) is 6.54 Å². The van der Waals surface area contributed by atoms with Gasteiger partial charge < -0.3 is 9.80 Å². The zero-order valence-corrected chi connectivity index (χ0v) is 12.0. The monoisotopic (exact) mass is 285 g/mol. The van der Waals surface area contributed by atoms with Crippen molar-refractivity contribution in [2.75, 3.05) is 25.5 Å². The van der Waals surface area contributed by atoms with Crippen molar-refractivity contribution in [1.82, 2.24) is 9.88 Å². The van der Waals surface area contributed by atoms with Crippen molar-refractivity contribution in [3.8, 4) is 11.1 Å². The molecule has 5 heteroatoms. The summed E-state index contributed by atoms with van der Waals surface area (Å²) in [7, 11) is 3.67. The first-order valence-electron chi connectivity index (χ1n) is 6.75. The van der Waals surface area contributed by atoms with Crippen molar-refractivity contribution >= 4 is 11.6 Å². The second-order valence-electron chi connectivity index (χ2n) is 5.29. The van der Waals surface area contributed by atoms with Gasteiger partial charge in [-0.05, 0) is 29.3 Å². The van der Waals surface area contributed by atoms with Gasteiger partial charge in [0.05, 0.1) is 6.54 Å². The highest BCUT2D eigenvalue weighted by Gasteiger charge is 2.21. The third kappa shape index (κ3) is 2.46. The van der Waals surface area contributed by atoms with Gasteiger partial charge in [0.25, 0.3) is 0 Å². The van der Waals surface area contributed by atoms with Gasteiger partial charge in [-0.1, -0.05) is 12.1 Å². The Hall–Kier alpha value is -2.43. The molecule has 0 saturated heterocycles. The Labute approximate surface area is 122 Å². The van der Waals surface area contributed by atoms with Crippen LogP contribution in [0.15, 0.2) is 36.5 Å². The lowest BCUT2D eigenvalue weighted by Gasteiger charge is -2.19. The number of fused-ring (bicyclic) bond motifs is 1. The first kappa shape index (κ1) is 13.5. The lowest BCUT2D eigenvalue weighted by Crippen LogP contribution is -2.32. The molecule has 4 nitrogen and oxygen atoms in total. The summed E-state index contributed by atoms with van der Waals surface area (Å²) in [6.45, 7) is 0.886. The molecule has 1 aliphatic rings. The number of nitrogens with zero attached hydrogens (tertiary/aromatic N) is 3. The third-order valence-corrected chi connectivity index (χ3v) is 3.77. The number of rotatable bonds is 1. The van der Waals surface area contributed by atoms with E-state index in [1.807, 2.05) is 30.1 Å². The molecule has 3 rings (SSSR count). The minimum absolute atomic E-state index is 0.0720. The molecule has 0 unspecified atom stereocenters. The highest BCUT2D eigenvalue weighted by atomic mass is 19.1. The summed E-state index contributed by atoms with van der Waals surface area (Å²) in [5.74, 6) is -0.412. The summed E-state index contributed by atoms with van der Waals surface area (Å²) in [4.78, 5) is 19.2. The summed E-state index contributed by atoms with van der Waals surface area (Å²) >= 11 is 0. The van der Waals surface area contributed by atoms with Crippen LogP contribution in [0.3, 0.4) is 0 Å². The van der Waals surface area contributed by atoms with Crippen LogP contribution in [-0.2, 0) is 11.3 Å². The fourth-order valence-electron chi connectivity index (χ4n) is 2.57. The molecular weight excluding hydrogens is 269 g/mol. The van der Waals surface area contributed by atoms with Crippen molar-refractivity contribution in [3.63, 3.8) is 0 Å². The molecule has 0 fully saturated rings. The van der Waals surface area contributed by atoms with Crippen LogP contribution in [0.1, 0.15) is 5.56 Å². The van der Waals surface area contributed by atoms with Crippen molar-refractivity contribution in [1.29, 1.82) is 0 Å². The van der Waals surface area contributed by atoms with E-state index in [0.717, 1.165) is 16.8 Å². The number of hydrogen-bond acceptors (Lipinski definition) is 3. The number of carbonyl (C=O) groups is 1. The number of amides is 1. The predicted octanol–water partition coefficient (Wildman–Crippen LogP) is 2.30. The molecule has 0 aliphatic carbocycles. The number of pyridine rings is 1. The molecule has 0 spiro atoms. The molecule has 0 atom stereocenters. The minimum atomic E-state index is -0.484. The summed E-state index contributed by atoms with van der Waals surface area (Å²) in [5.41, 5.74) is 3.24. The van der Waals surface area contributed by atoms with E-state index in [4.69, 9.17) is 0 Å². The van der Waals surface area contributed by atoms with E-state index in [2.05, 4.69) is 4.98 Å². The number of hydrogen-bond donors (Lipinski definition) is 0. The topological polar surface area (TPSA) is 36.4 Å². The lowest BCUT2D eigenvalue weighted by molar-refractivity contribution is -0.128. The van der Waals surface area contributed by atoms with Gasteiger partial charge in [-0.25, -0.2) is 4.98 Å². The molecule has 2 heterocycles. The van der Waals surface area contributed by atoms with Gasteiger partial charge in [-0.3, -0.25) is 4.79 Å². The molecule has 0 bridgehead atoms. The Bertz CT molecular complexity index is 702. The van der Waals surface area contributed by atoms with Crippen LogP contribution < -0.4 is 4.90 Å². The number of aromatic nitrogens is 1. The van der Waals surface area contributed by atoms with Crippen LogP contribution in [0, 0.1) is 5.95 Å². The van der Waals surface area contributed by atoms with Crippen LogP contribution in [0.4, 0.5) is 10.1 Å². The zero-order chi connectivity index (χ0) is 15.0. The Balaban J connectivity index is 2.08. The van der Waals surface area contributed by atoms with E-state index in [0.29, 0.717) is 18.7 Å². The van der Waals surface area contributed by atoms with Gasteiger partial charge in [-0.2, -0.15) is 4.39 Å². The molecule has 108 valence electrons.